The summed E-state index contributed by atoms with van der Waals surface area (Å²) in [4.78, 5) is 23.8. The van der Waals surface area contributed by atoms with Crippen LogP contribution < -0.4 is 10.0 Å². The third-order valence-corrected chi connectivity index (χ3v) is 5.24. The van der Waals surface area contributed by atoms with Crippen LogP contribution in [0.2, 0.25) is 0 Å². The van der Waals surface area contributed by atoms with Crippen molar-refractivity contribution in [2.45, 2.75) is 18.2 Å². The molecule has 0 unspecified atom stereocenters. The Morgan fingerprint density at radius 2 is 1.78 bits per heavy atom. The summed E-state index contributed by atoms with van der Waals surface area (Å²) in [5.74, 6) is -1.10. The number of aryl methyl sites for hydroxylation is 1. The molecule has 0 heterocycles. The Morgan fingerprint density at radius 1 is 1.11 bits per heavy atom. The molecule has 0 aliphatic carbocycles. The molecule has 27 heavy (non-hydrogen) atoms. The number of amides is 1. The zero-order chi connectivity index (χ0) is 20.0. The minimum Gasteiger partial charge on any atom is -0.508 e. The Hall–Kier alpha value is -2.91. The maximum Gasteiger partial charge on any atom is 0.310 e. The van der Waals surface area contributed by atoms with E-state index in [0.29, 0.717) is 11.1 Å². The van der Waals surface area contributed by atoms with E-state index in [1.165, 1.54) is 25.2 Å². The number of phenolic OH excluding ortho intramolecular Hbond substituents is 1. The summed E-state index contributed by atoms with van der Waals surface area (Å²) >= 11 is 0. The number of benzene rings is 2. The van der Waals surface area contributed by atoms with Gasteiger partial charge in [-0.05, 0) is 49.4 Å². The highest BCUT2D eigenvalue weighted by molar-refractivity contribution is 7.89. The molecule has 9 heteroatoms. The summed E-state index contributed by atoms with van der Waals surface area (Å²) in [6, 6.07) is 10.5. The summed E-state index contributed by atoms with van der Waals surface area (Å²) < 4.78 is 31.0. The molecule has 2 aromatic carbocycles. The van der Waals surface area contributed by atoms with Crippen LogP contribution in [0.15, 0.2) is 47.4 Å². The molecule has 0 radical (unpaired) electrons. The Labute approximate surface area is 157 Å². The number of sulfonamides is 1. The van der Waals surface area contributed by atoms with Crippen molar-refractivity contribution in [3.8, 4) is 5.75 Å². The monoisotopic (exact) mass is 392 g/mol. The number of phenols is 1. The molecule has 3 N–H and O–H groups in total. The van der Waals surface area contributed by atoms with Gasteiger partial charge >= 0.3 is 5.97 Å². The quantitative estimate of drug-likeness (QED) is 0.611. The summed E-state index contributed by atoms with van der Waals surface area (Å²) in [5.41, 5.74) is 1.44. The lowest BCUT2D eigenvalue weighted by Crippen LogP contribution is -2.23. The first kappa shape index (κ1) is 20.4. The second-order valence-electron chi connectivity index (χ2n) is 5.74. The lowest BCUT2D eigenvalue weighted by Gasteiger charge is -2.10. The molecular weight excluding hydrogens is 372 g/mol. The maximum atomic E-state index is 12.0. The molecule has 0 saturated heterocycles. The van der Waals surface area contributed by atoms with Gasteiger partial charge in [-0.15, -0.1) is 0 Å². The van der Waals surface area contributed by atoms with Gasteiger partial charge in [-0.2, -0.15) is 0 Å². The maximum absolute atomic E-state index is 12.0. The average molecular weight is 392 g/mol. The largest absolute Gasteiger partial charge is 0.508 e. The average Bonchev–Trinajstić information content (AvgIpc) is 2.63. The highest BCUT2D eigenvalue weighted by atomic mass is 32.2. The van der Waals surface area contributed by atoms with E-state index in [9.17, 15) is 23.1 Å². The Morgan fingerprint density at radius 3 is 2.41 bits per heavy atom. The van der Waals surface area contributed by atoms with Crippen LogP contribution in [0.5, 0.6) is 5.75 Å². The molecule has 1 amide bonds. The number of carbonyl (C=O) groups excluding carboxylic acids is 2. The zero-order valence-corrected chi connectivity index (χ0v) is 15.7. The molecule has 0 bridgehead atoms. The van der Waals surface area contributed by atoms with E-state index in [2.05, 4.69) is 10.0 Å². The fourth-order valence-electron chi connectivity index (χ4n) is 2.25. The molecule has 8 nitrogen and oxygen atoms in total. The standard InChI is InChI=1S/C18H20N2O6S/c1-12-3-6-14(10-16(12)27(24,25)19-2)20-17(22)11-26-18(23)9-13-4-7-15(21)8-5-13/h3-8,10,19,21H,9,11H2,1-2H3,(H,20,22). The lowest BCUT2D eigenvalue weighted by atomic mass is 10.1. The van der Waals surface area contributed by atoms with Crippen LogP contribution in [-0.2, 0) is 30.8 Å². The van der Waals surface area contributed by atoms with Crippen LogP contribution >= 0.6 is 0 Å². The Balaban J connectivity index is 1.93. The van der Waals surface area contributed by atoms with Gasteiger partial charge in [0.05, 0.1) is 11.3 Å². The van der Waals surface area contributed by atoms with Crippen molar-refractivity contribution >= 4 is 27.6 Å². The minimum absolute atomic E-state index is 0.0390. The van der Waals surface area contributed by atoms with Crippen LogP contribution in [0.25, 0.3) is 0 Å². The van der Waals surface area contributed by atoms with Gasteiger partial charge in [-0.25, -0.2) is 13.1 Å². The molecule has 0 aromatic heterocycles. The summed E-state index contributed by atoms with van der Waals surface area (Å²) in [6.07, 6.45) is -0.0390. The Kier molecular flexibility index (Phi) is 6.54. The van der Waals surface area contributed by atoms with Gasteiger partial charge in [0.2, 0.25) is 10.0 Å². The fraction of sp³-hybridized carbons (Fsp3) is 0.222. The van der Waals surface area contributed by atoms with E-state index < -0.39 is 28.5 Å². The highest BCUT2D eigenvalue weighted by Gasteiger charge is 2.16. The van der Waals surface area contributed by atoms with Crippen molar-refractivity contribution in [2.24, 2.45) is 0 Å². The van der Waals surface area contributed by atoms with Crippen molar-refractivity contribution in [1.29, 1.82) is 0 Å². The molecule has 0 saturated carbocycles. The minimum atomic E-state index is -3.66. The first-order valence-electron chi connectivity index (χ1n) is 7.99. The molecule has 0 aliphatic rings. The number of carbonyl (C=O) groups is 2. The van der Waals surface area contributed by atoms with Crippen molar-refractivity contribution in [1.82, 2.24) is 4.72 Å². The van der Waals surface area contributed by atoms with Crippen molar-refractivity contribution in [3.63, 3.8) is 0 Å². The molecule has 0 spiro atoms. The number of aromatic hydroxyl groups is 1. The highest BCUT2D eigenvalue weighted by Crippen LogP contribution is 2.20. The molecule has 0 atom stereocenters. The van der Waals surface area contributed by atoms with E-state index in [4.69, 9.17) is 4.74 Å². The van der Waals surface area contributed by atoms with Crippen LogP contribution in [0.4, 0.5) is 5.69 Å². The molecule has 2 rings (SSSR count). The Bertz CT molecular complexity index is 939. The van der Waals surface area contributed by atoms with Crippen LogP contribution in [0.1, 0.15) is 11.1 Å². The SMILES string of the molecule is CNS(=O)(=O)c1cc(NC(=O)COC(=O)Cc2ccc(O)cc2)ccc1C. The number of nitrogens with one attached hydrogen (secondary N) is 2. The lowest BCUT2D eigenvalue weighted by molar-refractivity contribution is -0.146. The number of esters is 1. The third kappa shape index (κ3) is 5.80. The van der Waals surface area contributed by atoms with Gasteiger partial charge in [0.25, 0.3) is 5.91 Å². The predicted octanol–water partition coefficient (Wildman–Crippen LogP) is 1.33. The van der Waals surface area contributed by atoms with Gasteiger partial charge in [0, 0.05) is 5.69 Å². The van der Waals surface area contributed by atoms with Crippen LogP contribution in [-0.4, -0.2) is 39.1 Å². The zero-order valence-electron chi connectivity index (χ0n) is 14.9. The van der Waals surface area contributed by atoms with E-state index in [-0.39, 0.29) is 22.8 Å². The van der Waals surface area contributed by atoms with Gasteiger partial charge < -0.3 is 15.2 Å². The number of hydrogen-bond acceptors (Lipinski definition) is 6. The number of rotatable bonds is 7. The smallest absolute Gasteiger partial charge is 0.310 e. The van der Waals surface area contributed by atoms with Gasteiger partial charge in [-0.3, -0.25) is 9.59 Å². The summed E-state index contributed by atoms with van der Waals surface area (Å²) in [5, 5.41) is 11.7. The van der Waals surface area contributed by atoms with Gasteiger partial charge in [0.1, 0.15) is 5.75 Å². The van der Waals surface area contributed by atoms with Crippen LogP contribution in [0.3, 0.4) is 0 Å². The third-order valence-electron chi connectivity index (χ3n) is 3.68. The van der Waals surface area contributed by atoms with E-state index in [1.54, 1.807) is 31.2 Å². The number of ether oxygens (including phenoxy) is 1. The van der Waals surface area contributed by atoms with Crippen molar-refractivity contribution in [3.05, 3.63) is 53.6 Å². The van der Waals surface area contributed by atoms with Crippen molar-refractivity contribution < 1.29 is 27.9 Å². The molecular formula is C18H20N2O6S. The first-order chi connectivity index (χ1) is 12.7. The van der Waals surface area contributed by atoms with Gasteiger partial charge in [0.15, 0.2) is 6.61 Å². The fourth-order valence-corrected chi connectivity index (χ4v) is 3.25. The van der Waals surface area contributed by atoms with Crippen molar-refractivity contribution in [2.75, 3.05) is 19.0 Å². The predicted molar refractivity (Wildman–Crippen MR) is 98.8 cm³/mol. The molecule has 0 aliphatic heterocycles. The number of hydrogen-bond donors (Lipinski definition) is 3. The first-order valence-corrected chi connectivity index (χ1v) is 9.47. The molecule has 0 fully saturated rings. The topological polar surface area (TPSA) is 122 Å². The molecule has 144 valence electrons. The summed E-state index contributed by atoms with van der Waals surface area (Å²) in [6.45, 7) is 1.14. The van der Waals surface area contributed by atoms with E-state index in [0.717, 1.165) is 0 Å². The number of anilines is 1. The normalized spacial score (nSPS) is 11.0. The van der Waals surface area contributed by atoms with Crippen LogP contribution in [0, 0.1) is 6.92 Å². The second kappa shape index (κ2) is 8.65. The molecule has 2 aromatic rings. The second-order valence-corrected chi connectivity index (χ2v) is 7.59. The summed E-state index contributed by atoms with van der Waals surface area (Å²) in [7, 11) is -2.36. The van der Waals surface area contributed by atoms with E-state index in [1.807, 2.05) is 0 Å². The van der Waals surface area contributed by atoms with Gasteiger partial charge in [-0.1, -0.05) is 18.2 Å². The van der Waals surface area contributed by atoms with E-state index >= 15 is 0 Å².